The predicted molar refractivity (Wildman–Crippen MR) is 111 cm³/mol. The van der Waals surface area contributed by atoms with E-state index in [4.69, 9.17) is 0 Å². The van der Waals surface area contributed by atoms with Gasteiger partial charge in [0.05, 0.1) is 12.6 Å². The van der Waals surface area contributed by atoms with Crippen molar-refractivity contribution in [2.45, 2.75) is 32.2 Å². The van der Waals surface area contributed by atoms with Gasteiger partial charge in [0.25, 0.3) is 0 Å². The van der Waals surface area contributed by atoms with E-state index in [0.29, 0.717) is 31.2 Å². The minimum Gasteiger partial charge on any atom is -0.386 e. The molecule has 0 bridgehead atoms. The van der Waals surface area contributed by atoms with Gasteiger partial charge in [0, 0.05) is 32.7 Å². The van der Waals surface area contributed by atoms with Crippen molar-refractivity contribution in [3.8, 4) is 0 Å². The molecule has 1 heterocycles. The van der Waals surface area contributed by atoms with Crippen LogP contribution in [0.15, 0.2) is 29.3 Å². The first kappa shape index (κ1) is 24.9. The summed E-state index contributed by atoms with van der Waals surface area (Å²) in [6.07, 6.45) is -5.12. The van der Waals surface area contributed by atoms with Crippen LogP contribution in [-0.4, -0.2) is 72.4 Å². The number of aliphatic hydroxyl groups excluding tert-OH is 1. The Hall–Kier alpha value is -1.14. The first-order valence-electron chi connectivity index (χ1n) is 9.00. The zero-order chi connectivity index (χ0) is 20.0. The largest absolute Gasteiger partial charge is 0.403 e. The summed E-state index contributed by atoms with van der Waals surface area (Å²) in [5.41, 5.74) is 0.555. The summed E-state index contributed by atoms with van der Waals surface area (Å²) in [5, 5.41) is 13.3. The molecule has 1 fully saturated rings. The first-order valence-corrected chi connectivity index (χ1v) is 9.00. The van der Waals surface area contributed by atoms with Crippen molar-refractivity contribution >= 4 is 29.9 Å². The van der Waals surface area contributed by atoms with Gasteiger partial charge in [0.15, 0.2) is 5.96 Å². The molecule has 1 saturated heterocycles. The van der Waals surface area contributed by atoms with Crippen molar-refractivity contribution in [3.63, 3.8) is 0 Å². The quantitative estimate of drug-likeness (QED) is 0.273. The molecule has 2 N–H and O–H groups in total. The van der Waals surface area contributed by atoms with Crippen LogP contribution in [0, 0.1) is 5.82 Å². The van der Waals surface area contributed by atoms with Crippen LogP contribution in [-0.2, 0) is 0 Å². The maximum absolute atomic E-state index is 13.0. The normalized spacial score (nSPS) is 18.4. The highest BCUT2D eigenvalue weighted by Crippen LogP contribution is 2.25. The van der Waals surface area contributed by atoms with E-state index in [2.05, 4.69) is 10.3 Å². The molecule has 1 aromatic rings. The summed E-state index contributed by atoms with van der Waals surface area (Å²) in [7, 11) is 0. The number of hydrogen-bond donors (Lipinski definition) is 2. The van der Waals surface area contributed by atoms with E-state index in [9.17, 15) is 22.7 Å². The number of rotatable bonds is 5. The van der Waals surface area contributed by atoms with E-state index < -0.39 is 18.3 Å². The van der Waals surface area contributed by atoms with Crippen LogP contribution in [0.25, 0.3) is 0 Å². The van der Waals surface area contributed by atoms with E-state index in [1.54, 1.807) is 0 Å². The monoisotopic (exact) mass is 518 g/mol. The molecule has 0 amide bonds. The second kappa shape index (κ2) is 11.1. The van der Waals surface area contributed by atoms with E-state index in [1.165, 1.54) is 36.1 Å². The summed E-state index contributed by atoms with van der Waals surface area (Å²) in [6, 6.07) is 4.07. The van der Waals surface area contributed by atoms with Gasteiger partial charge in [-0.25, -0.2) is 4.39 Å². The summed E-state index contributed by atoms with van der Waals surface area (Å²) in [4.78, 5) is 7.70. The van der Waals surface area contributed by atoms with Gasteiger partial charge >= 0.3 is 6.18 Å². The molecular formula is C18H27F4IN4O. The molecular weight excluding hydrogens is 491 g/mol. The maximum atomic E-state index is 13.0. The van der Waals surface area contributed by atoms with Crippen molar-refractivity contribution in [1.82, 2.24) is 15.1 Å². The number of halogens is 5. The fourth-order valence-electron chi connectivity index (χ4n) is 2.92. The number of nitrogens with zero attached hydrogens (tertiary/aromatic N) is 3. The standard InChI is InChI=1S/C18H26F4N4O.HI/c1-3-23-17(24-12-16(27)14-4-6-15(19)7-5-14)26-10-8-25(9-11-26)13(2)18(20,21)22;/h4-7,13,16,27H,3,8-12H2,1-2H3,(H,23,24);1H. The van der Waals surface area contributed by atoms with Crippen molar-refractivity contribution in [2.24, 2.45) is 4.99 Å². The zero-order valence-electron chi connectivity index (χ0n) is 15.9. The van der Waals surface area contributed by atoms with Gasteiger partial charge in [-0.3, -0.25) is 9.89 Å². The van der Waals surface area contributed by atoms with Gasteiger partial charge in [-0.15, -0.1) is 24.0 Å². The van der Waals surface area contributed by atoms with Crippen LogP contribution in [0.1, 0.15) is 25.5 Å². The van der Waals surface area contributed by atoms with Gasteiger partial charge in [-0.05, 0) is 31.5 Å². The Kier molecular flexibility index (Phi) is 9.91. The molecule has 5 nitrogen and oxygen atoms in total. The van der Waals surface area contributed by atoms with Crippen LogP contribution in [0.3, 0.4) is 0 Å². The molecule has 1 aliphatic rings. The Morgan fingerprint density at radius 1 is 1.18 bits per heavy atom. The Balaban J connectivity index is 0.00000392. The van der Waals surface area contributed by atoms with Gasteiger partial charge in [0.1, 0.15) is 11.9 Å². The third-order valence-corrected chi connectivity index (χ3v) is 4.64. The van der Waals surface area contributed by atoms with Crippen LogP contribution in [0.4, 0.5) is 17.6 Å². The SMILES string of the molecule is CCNC(=NCC(O)c1ccc(F)cc1)N1CCN(C(C)C(F)(F)F)CC1.I. The maximum Gasteiger partial charge on any atom is 0.403 e. The van der Waals surface area contributed by atoms with Crippen LogP contribution < -0.4 is 5.32 Å². The molecule has 2 unspecified atom stereocenters. The number of benzene rings is 1. The van der Waals surface area contributed by atoms with Crippen molar-refractivity contribution in [1.29, 1.82) is 0 Å². The number of piperazine rings is 1. The van der Waals surface area contributed by atoms with E-state index in [-0.39, 0.29) is 49.4 Å². The van der Waals surface area contributed by atoms with Gasteiger partial charge in [0.2, 0.25) is 0 Å². The van der Waals surface area contributed by atoms with Crippen molar-refractivity contribution in [3.05, 3.63) is 35.6 Å². The molecule has 0 saturated carbocycles. The second-order valence-electron chi connectivity index (χ2n) is 6.50. The molecule has 1 aliphatic heterocycles. The van der Waals surface area contributed by atoms with Crippen LogP contribution in [0.2, 0.25) is 0 Å². The average molecular weight is 518 g/mol. The third kappa shape index (κ3) is 7.03. The minimum atomic E-state index is -4.24. The Bertz CT molecular complexity index is 619. The Morgan fingerprint density at radius 2 is 1.75 bits per heavy atom. The molecule has 2 atom stereocenters. The lowest BCUT2D eigenvalue weighted by atomic mass is 10.1. The number of alkyl halides is 3. The molecule has 1 aromatic carbocycles. The second-order valence-corrected chi connectivity index (χ2v) is 6.50. The predicted octanol–water partition coefficient (Wildman–Crippen LogP) is 3.01. The molecule has 0 radical (unpaired) electrons. The molecule has 2 rings (SSSR count). The Morgan fingerprint density at radius 3 is 2.25 bits per heavy atom. The highest BCUT2D eigenvalue weighted by Gasteiger charge is 2.41. The van der Waals surface area contributed by atoms with Crippen LogP contribution in [0.5, 0.6) is 0 Å². The topological polar surface area (TPSA) is 51.1 Å². The minimum absolute atomic E-state index is 0. The van der Waals surface area contributed by atoms with Crippen molar-refractivity contribution < 1.29 is 22.7 Å². The number of nitrogens with one attached hydrogen (secondary N) is 1. The number of guanidine groups is 1. The van der Waals surface area contributed by atoms with E-state index >= 15 is 0 Å². The lowest BCUT2D eigenvalue weighted by Gasteiger charge is -2.39. The molecule has 0 aromatic heterocycles. The fourth-order valence-corrected chi connectivity index (χ4v) is 2.92. The average Bonchev–Trinajstić information content (AvgIpc) is 2.64. The lowest BCUT2D eigenvalue weighted by Crippen LogP contribution is -2.56. The van der Waals surface area contributed by atoms with Crippen LogP contribution >= 0.6 is 24.0 Å². The number of hydrogen-bond acceptors (Lipinski definition) is 3. The molecule has 0 aliphatic carbocycles. The smallest absolute Gasteiger partial charge is 0.386 e. The summed E-state index contributed by atoms with van der Waals surface area (Å²) >= 11 is 0. The number of aliphatic imine (C=N–C) groups is 1. The molecule has 0 spiro atoms. The lowest BCUT2D eigenvalue weighted by molar-refractivity contribution is -0.181. The van der Waals surface area contributed by atoms with Gasteiger partial charge < -0.3 is 15.3 Å². The highest BCUT2D eigenvalue weighted by molar-refractivity contribution is 14.0. The first-order chi connectivity index (χ1) is 12.7. The Labute approximate surface area is 179 Å². The summed E-state index contributed by atoms with van der Waals surface area (Å²) in [6.45, 7) is 5.15. The molecule has 10 heteroatoms. The van der Waals surface area contributed by atoms with Crippen molar-refractivity contribution in [2.75, 3.05) is 39.3 Å². The highest BCUT2D eigenvalue weighted by atomic mass is 127. The zero-order valence-corrected chi connectivity index (χ0v) is 18.2. The fraction of sp³-hybridized carbons (Fsp3) is 0.611. The van der Waals surface area contributed by atoms with Gasteiger partial charge in [-0.2, -0.15) is 13.2 Å². The third-order valence-electron chi connectivity index (χ3n) is 4.64. The molecule has 160 valence electrons. The summed E-state index contributed by atoms with van der Waals surface area (Å²) in [5.74, 6) is 0.173. The molecule has 28 heavy (non-hydrogen) atoms. The van der Waals surface area contributed by atoms with E-state index in [1.807, 2.05) is 11.8 Å². The summed E-state index contributed by atoms with van der Waals surface area (Å²) < 4.78 is 51.6. The van der Waals surface area contributed by atoms with Gasteiger partial charge in [-0.1, -0.05) is 12.1 Å². The van der Waals surface area contributed by atoms with E-state index in [0.717, 1.165) is 0 Å². The number of aliphatic hydroxyl groups is 1.